The fraction of sp³-hybridized carbons (Fsp3) is 0.733. The van der Waals surface area contributed by atoms with Crippen LogP contribution in [-0.4, -0.2) is 59.8 Å². The number of hydrogen-bond acceptors (Lipinski definition) is 5. The summed E-state index contributed by atoms with van der Waals surface area (Å²) in [6.07, 6.45) is 7.27. The topological polar surface area (TPSA) is 52.5 Å². The zero-order chi connectivity index (χ0) is 14.4. The lowest BCUT2D eigenvalue weighted by molar-refractivity contribution is 0.142. The summed E-state index contributed by atoms with van der Waals surface area (Å²) in [6, 6.07) is 0. The molecule has 0 radical (unpaired) electrons. The predicted molar refractivity (Wildman–Crippen MR) is 80.9 cm³/mol. The van der Waals surface area contributed by atoms with E-state index in [1.165, 1.54) is 18.4 Å². The van der Waals surface area contributed by atoms with Crippen molar-refractivity contribution >= 4 is 5.95 Å². The monoisotopic (exact) mass is 278 g/mol. The van der Waals surface area contributed by atoms with E-state index >= 15 is 0 Å². The van der Waals surface area contributed by atoms with Crippen LogP contribution in [-0.2, 0) is 6.42 Å². The number of aliphatic hydroxyl groups is 1. The summed E-state index contributed by atoms with van der Waals surface area (Å²) in [5.74, 6) is 1.44. The summed E-state index contributed by atoms with van der Waals surface area (Å²) < 4.78 is 0. The fourth-order valence-electron chi connectivity index (χ4n) is 2.84. The Bertz CT molecular complexity index is 393. The number of rotatable bonds is 6. The Labute approximate surface area is 121 Å². The van der Waals surface area contributed by atoms with Crippen molar-refractivity contribution in [2.75, 3.05) is 44.7 Å². The highest BCUT2D eigenvalue weighted by atomic mass is 16.3. The summed E-state index contributed by atoms with van der Waals surface area (Å²) in [5.41, 5.74) is 1.17. The van der Waals surface area contributed by atoms with Crippen LogP contribution < -0.4 is 4.90 Å². The lowest BCUT2D eigenvalue weighted by Gasteiger charge is -2.34. The van der Waals surface area contributed by atoms with Crippen LogP contribution in [0.2, 0.25) is 0 Å². The smallest absolute Gasteiger partial charge is 0.225 e. The highest BCUT2D eigenvalue weighted by Gasteiger charge is 2.21. The Morgan fingerprint density at radius 2 is 2.15 bits per heavy atom. The highest BCUT2D eigenvalue weighted by molar-refractivity contribution is 5.28. The standard InChI is InChI=1S/C15H26N4O/c1-3-13-9-16-15(17-10-13)18(2)11-14-5-4-6-19(12-14)7-8-20/h9-10,14,20H,3-8,11-12H2,1-2H3. The molecule has 1 unspecified atom stereocenters. The second-order valence-corrected chi connectivity index (χ2v) is 5.66. The molecule has 112 valence electrons. The Kier molecular flexibility index (Phi) is 5.73. The van der Waals surface area contributed by atoms with Gasteiger partial charge in [-0.1, -0.05) is 6.92 Å². The van der Waals surface area contributed by atoms with E-state index < -0.39 is 0 Å². The minimum absolute atomic E-state index is 0.254. The molecule has 1 atom stereocenters. The number of nitrogens with zero attached hydrogens (tertiary/aromatic N) is 4. The van der Waals surface area contributed by atoms with Crippen LogP contribution in [0.1, 0.15) is 25.3 Å². The van der Waals surface area contributed by atoms with Crippen molar-refractivity contribution in [1.82, 2.24) is 14.9 Å². The Balaban J connectivity index is 1.87. The second-order valence-electron chi connectivity index (χ2n) is 5.66. The van der Waals surface area contributed by atoms with E-state index in [-0.39, 0.29) is 6.61 Å². The average molecular weight is 278 g/mol. The molecule has 1 aromatic heterocycles. The number of likely N-dealkylation sites (tertiary alicyclic amines) is 1. The predicted octanol–water partition coefficient (Wildman–Crippen LogP) is 1.18. The molecule has 1 saturated heterocycles. The van der Waals surface area contributed by atoms with Crippen molar-refractivity contribution in [2.24, 2.45) is 5.92 Å². The molecule has 2 heterocycles. The number of hydrogen-bond donors (Lipinski definition) is 1. The van der Waals surface area contributed by atoms with E-state index in [1.807, 2.05) is 12.4 Å². The van der Waals surface area contributed by atoms with Gasteiger partial charge in [0.25, 0.3) is 0 Å². The van der Waals surface area contributed by atoms with Crippen LogP contribution in [0.4, 0.5) is 5.95 Å². The van der Waals surface area contributed by atoms with Gasteiger partial charge in [-0.15, -0.1) is 0 Å². The van der Waals surface area contributed by atoms with Crippen LogP contribution in [0.3, 0.4) is 0 Å². The second kappa shape index (κ2) is 7.55. The Hall–Kier alpha value is -1.20. The van der Waals surface area contributed by atoms with Gasteiger partial charge in [-0.05, 0) is 37.3 Å². The number of piperidine rings is 1. The number of anilines is 1. The van der Waals surface area contributed by atoms with E-state index in [1.54, 1.807) is 0 Å². The molecule has 0 bridgehead atoms. The third-order valence-corrected chi connectivity index (χ3v) is 3.99. The van der Waals surface area contributed by atoms with E-state index in [9.17, 15) is 0 Å². The van der Waals surface area contributed by atoms with Crippen molar-refractivity contribution in [2.45, 2.75) is 26.2 Å². The molecular formula is C15H26N4O. The van der Waals surface area contributed by atoms with Gasteiger partial charge in [0.15, 0.2) is 0 Å². The molecule has 0 amide bonds. The Morgan fingerprint density at radius 3 is 2.80 bits per heavy atom. The molecule has 1 fully saturated rings. The van der Waals surface area contributed by atoms with E-state index in [0.29, 0.717) is 5.92 Å². The maximum atomic E-state index is 9.04. The first kappa shape index (κ1) is 15.2. The minimum atomic E-state index is 0.254. The van der Waals surface area contributed by atoms with Gasteiger partial charge in [0.05, 0.1) is 6.61 Å². The van der Waals surface area contributed by atoms with E-state index in [0.717, 1.165) is 38.5 Å². The van der Waals surface area contributed by atoms with Gasteiger partial charge >= 0.3 is 0 Å². The van der Waals surface area contributed by atoms with Gasteiger partial charge in [-0.2, -0.15) is 0 Å². The lowest BCUT2D eigenvalue weighted by atomic mass is 9.97. The Morgan fingerprint density at radius 1 is 1.40 bits per heavy atom. The number of β-amino-alcohol motifs (C(OH)–C–C–N with tert-alkyl or cyclic N) is 1. The summed E-state index contributed by atoms with van der Waals surface area (Å²) in [7, 11) is 2.06. The summed E-state index contributed by atoms with van der Waals surface area (Å²) in [4.78, 5) is 13.4. The normalized spacial score (nSPS) is 20.1. The maximum Gasteiger partial charge on any atom is 0.225 e. The van der Waals surface area contributed by atoms with E-state index in [4.69, 9.17) is 5.11 Å². The van der Waals surface area contributed by atoms with E-state index in [2.05, 4.69) is 33.7 Å². The summed E-state index contributed by atoms with van der Waals surface area (Å²) >= 11 is 0. The quantitative estimate of drug-likeness (QED) is 0.847. The highest BCUT2D eigenvalue weighted by Crippen LogP contribution is 2.18. The van der Waals surface area contributed by atoms with Crippen molar-refractivity contribution in [3.05, 3.63) is 18.0 Å². The molecule has 5 heteroatoms. The number of aliphatic hydroxyl groups excluding tert-OH is 1. The summed E-state index contributed by atoms with van der Waals surface area (Å²) in [5, 5.41) is 9.04. The molecule has 2 rings (SSSR count). The van der Waals surface area contributed by atoms with Crippen molar-refractivity contribution < 1.29 is 5.11 Å². The van der Waals surface area contributed by atoms with Crippen LogP contribution in [0.15, 0.2) is 12.4 Å². The van der Waals surface area contributed by atoms with Gasteiger partial charge in [-0.3, -0.25) is 0 Å². The third-order valence-electron chi connectivity index (χ3n) is 3.99. The molecule has 5 nitrogen and oxygen atoms in total. The first-order chi connectivity index (χ1) is 9.72. The molecule has 1 N–H and O–H groups in total. The van der Waals surface area contributed by atoms with Crippen molar-refractivity contribution in [3.63, 3.8) is 0 Å². The van der Waals surface area contributed by atoms with Crippen LogP contribution >= 0.6 is 0 Å². The lowest BCUT2D eigenvalue weighted by Crippen LogP contribution is -2.41. The van der Waals surface area contributed by atoms with Gasteiger partial charge in [0.1, 0.15) is 0 Å². The largest absolute Gasteiger partial charge is 0.395 e. The van der Waals surface area contributed by atoms with Gasteiger partial charge in [0.2, 0.25) is 5.95 Å². The van der Waals surface area contributed by atoms with Crippen LogP contribution in [0.5, 0.6) is 0 Å². The maximum absolute atomic E-state index is 9.04. The molecule has 0 saturated carbocycles. The first-order valence-corrected chi connectivity index (χ1v) is 7.58. The first-order valence-electron chi connectivity index (χ1n) is 7.58. The van der Waals surface area contributed by atoms with Crippen molar-refractivity contribution in [3.8, 4) is 0 Å². The zero-order valence-corrected chi connectivity index (χ0v) is 12.6. The number of aromatic nitrogens is 2. The molecule has 20 heavy (non-hydrogen) atoms. The molecule has 1 aliphatic heterocycles. The molecular weight excluding hydrogens is 252 g/mol. The zero-order valence-electron chi connectivity index (χ0n) is 12.6. The molecule has 0 aliphatic carbocycles. The fourth-order valence-corrected chi connectivity index (χ4v) is 2.84. The molecule has 0 spiro atoms. The van der Waals surface area contributed by atoms with Crippen molar-refractivity contribution in [1.29, 1.82) is 0 Å². The van der Waals surface area contributed by atoms with Gasteiger partial charge in [0, 0.05) is 39.1 Å². The average Bonchev–Trinajstić information content (AvgIpc) is 2.48. The molecule has 1 aliphatic rings. The van der Waals surface area contributed by atoms with Gasteiger partial charge < -0.3 is 14.9 Å². The SMILES string of the molecule is CCc1cnc(N(C)CC2CCCN(CCO)C2)nc1. The molecule has 0 aromatic carbocycles. The molecule has 1 aromatic rings. The van der Waals surface area contributed by atoms with Gasteiger partial charge in [-0.25, -0.2) is 9.97 Å². The number of aryl methyl sites for hydroxylation is 1. The van der Waals surface area contributed by atoms with Crippen LogP contribution in [0.25, 0.3) is 0 Å². The minimum Gasteiger partial charge on any atom is -0.395 e. The third kappa shape index (κ3) is 4.15. The van der Waals surface area contributed by atoms with Crippen LogP contribution in [0, 0.1) is 5.92 Å². The summed E-state index contributed by atoms with van der Waals surface area (Å²) in [6.45, 7) is 6.32.